The van der Waals surface area contributed by atoms with E-state index in [1.165, 1.54) is 32.4 Å². The number of piperidine rings is 1. The molecule has 1 aliphatic rings. The van der Waals surface area contributed by atoms with Gasteiger partial charge in [0, 0.05) is 25.9 Å². The third-order valence-electron chi connectivity index (χ3n) is 3.20. The van der Waals surface area contributed by atoms with E-state index < -0.39 is 0 Å². The average Bonchev–Trinajstić information content (AvgIpc) is 2.83. The Morgan fingerprint density at radius 3 is 2.82 bits per heavy atom. The normalized spacial score (nSPS) is 17.5. The molecule has 0 aromatic carbocycles. The van der Waals surface area contributed by atoms with Gasteiger partial charge in [0.25, 0.3) is 0 Å². The summed E-state index contributed by atoms with van der Waals surface area (Å²) in [4.78, 5) is 6.88. The number of hydrogen-bond donors (Lipinski definition) is 1. The van der Waals surface area contributed by atoms with Crippen molar-refractivity contribution < 1.29 is 4.52 Å². The molecule has 1 fully saturated rings. The SMILES string of the molecule is CNCCc1nc(CCN2CCCCC2)no1. The molecule has 0 aliphatic carbocycles. The Balaban J connectivity index is 1.72. The number of hydrogen-bond acceptors (Lipinski definition) is 5. The number of likely N-dealkylation sites (tertiary alicyclic amines) is 1. The molecule has 0 saturated carbocycles. The van der Waals surface area contributed by atoms with Crippen LogP contribution in [0.1, 0.15) is 31.0 Å². The molecule has 0 unspecified atom stereocenters. The lowest BCUT2D eigenvalue weighted by Crippen LogP contribution is -2.31. The maximum Gasteiger partial charge on any atom is 0.227 e. The van der Waals surface area contributed by atoms with Crippen molar-refractivity contribution in [1.29, 1.82) is 0 Å². The summed E-state index contributed by atoms with van der Waals surface area (Å²) in [6, 6.07) is 0. The monoisotopic (exact) mass is 238 g/mol. The van der Waals surface area contributed by atoms with Gasteiger partial charge in [-0.05, 0) is 33.0 Å². The van der Waals surface area contributed by atoms with Crippen molar-refractivity contribution in [2.45, 2.75) is 32.1 Å². The molecule has 1 saturated heterocycles. The zero-order valence-corrected chi connectivity index (χ0v) is 10.6. The molecule has 0 spiro atoms. The van der Waals surface area contributed by atoms with Crippen molar-refractivity contribution in [2.24, 2.45) is 0 Å². The molecular formula is C12H22N4O. The predicted octanol–water partition coefficient (Wildman–Crippen LogP) is 0.860. The molecule has 2 rings (SSSR count). The second kappa shape index (κ2) is 6.71. The molecule has 5 heteroatoms. The maximum atomic E-state index is 5.19. The van der Waals surface area contributed by atoms with E-state index in [2.05, 4.69) is 20.4 Å². The minimum absolute atomic E-state index is 0.744. The lowest BCUT2D eigenvalue weighted by Gasteiger charge is -2.25. The van der Waals surface area contributed by atoms with E-state index >= 15 is 0 Å². The van der Waals surface area contributed by atoms with Crippen molar-refractivity contribution in [2.75, 3.05) is 33.2 Å². The molecule has 0 amide bonds. The van der Waals surface area contributed by atoms with Crippen molar-refractivity contribution >= 4 is 0 Å². The average molecular weight is 238 g/mol. The molecule has 0 radical (unpaired) electrons. The second-order valence-corrected chi connectivity index (χ2v) is 4.61. The first kappa shape index (κ1) is 12.5. The van der Waals surface area contributed by atoms with E-state index in [1.54, 1.807) is 0 Å². The third-order valence-corrected chi connectivity index (χ3v) is 3.20. The van der Waals surface area contributed by atoms with Crippen LogP contribution in [0.25, 0.3) is 0 Å². The van der Waals surface area contributed by atoms with Crippen LogP contribution in [-0.4, -0.2) is 48.3 Å². The second-order valence-electron chi connectivity index (χ2n) is 4.61. The summed E-state index contributed by atoms with van der Waals surface area (Å²) in [5.41, 5.74) is 0. The van der Waals surface area contributed by atoms with Gasteiger partial charge in [-0.1, -0.05) is 11.6 Å². The lowest BCUT2D eigenvalue weighted by atomic mass is 10.1. The van der Waals surface area contributed by atoms with Crippen LogP contribution in [0.4, 0.5) is 0 Å². The van der Waals surface area contributed by atoms with E-state index in [0.717, 1.165) is 37.6 Å². The Hall–Kier alpha value is -0.940. The van der Waals surface area contributed by atoms with Gasteiger partial charge in [0.1, 0.15) is 0 Å². The molecule has 0 bridgehead atoms. The number of rotatable bonds is 6. The maximum absolute atomic E-state index is 5.19. The van der Waals surface area contributed by atoms with Crippen LogP contribution in [0.5, 0.6) is 0 Å². The van der Waals surface area contributed by atoms with E-state index in [-0.39, 0.29) is 0 Å². The predicted molar refractivity (Wildman–Crippen MR) is 65.9 cm³/mol. The van der Waals surface area contributed by atoms with Crippen LogP contribution in [0, 0.1) is 0 Å². The van der Waals surface area contributed by atoms with Crippen LogP contribution in [0.3, 0.4) is 0 Å². The standard InChI is InChI=1S/C12H22N4O/c1-13-7-5-12-14-11(15-17-12)6-10-16-8-3-2-4-9-16/h13H,2-10H2,1H3. The molecule has 1 aliphatic heterocycles. The van der Waals surface area contributed by atoms with Crippen LogP contribution >= 0.6 is 0 Å². The van der Waals surface area contributed by atoms with Gasteiger partial charge in [0.15, 0.2) is 5.82 Å². The lowest BCUT2D eigenvalue weighted by molar-refractivity contribution is 0.229. The van der Waals surface area contributed by atoms with Crippen LogP contribution in [0.2, 0.25) is 0 Å². The molecule has 2 heterocycles. The highest BCUT2D eigenvalue weighted by atomic mass is 16.5. The molecule has 1 N–H and O–H groups in total. The highest BCUT2D eigenvalue weighted by Gasteiger charge is 2.12. The summed E-state index contributed by atoms with van der Waals surface area (Å²) in [5.74, 6) is 1.59. The summed E-state index contributed by atoms with van der Waals surface area (Å²) in [7, 11) is 1.92. The van der Waals surface area contributed by atoms with E-state index in [0.29, 0.717) is 0 Å². The van der Waals surface area contributed by atoms with E-state index in [4.69, 9.17) is 4.52 Å². The first-order valence-electron chi connectivity index (χ1n) is 6.57. The summed E-state index contributed by atoms with van der Waals surface area (Å²) >= 11 is 0. The van der Waals surface area contributed by atoms with Crippen LogP contribution < -0.4 is 5.32 Å². The topological polar surface area (TPSA) is 54.2 Å². The molecule has 1 aromatic heterocycles. The summed E-state index contributed by atoms with van der Waals surface area (Å²) < 4.78 is 5.19. The fourth-order valence-electron chi connectivity index (χ4n) is 2.17. The minimum atomic E-state index is 0.744. The smallest absolute Gasteiger partial charge is 0.227 e. The van der Waals surface area contributed by atoms with E-state index in [1.807, 2.05) is 7.05 Å². The van der Waals surface area contributed by atoms with Gasteiger partial charge in [0.05, 0.1) is 0 Å². The van der Waals surface area contributed by atoms with Gasteiger partial charge < -0.3 is 14.7 Å². The van der Waals surface area contributed by atoms with Crippen LogP contribution in [-0.2, 0) is 12.8 Å². The Labute approximate surface area is 103 Å². The van der Waals surface area contributed by atoms with Crippen molar-refractivity contribution in [3.63, 3.8) is 0 Å². The molecule has 5 nitrogen and oxygen atoms in total. The quantitative estimate of drug-likeness (QED) is 0.796. The number of nitrogens with one attached hydrogen (secondary N) is 1. The number of likely N-dealkylation sites (N-methyl/N-ethyl adjacent to an activating group) is 1. The summed E-state index contributed by atoms with van der Waals surface area (Å²) in [6.45, 7) is 4.40. The number of aromatic nitrogens is 2. The largest absolute Gasteiger partial charge is 0.339 e. The number of nitrogens with zero attached hydrogens (tertiary/aromatic N) is 3. The summed E-state index contributed by atoms with van der Waals surface area (Å²) in [5, 5.41) is 7.09. The molecular weight excluding hydrogens is 216 g/mol. The molecule has 17 heavy (non-hydrogen) atoms. The highest BCUT2D eigenvalue weighted by molar-refractivity contribution is 4.88. The van der Waals surface area contributed by atoms with Crippen molar-refractivity contribution in [3.05, 3.63) is 11.7 Å². The minimum Gasteiger partial charge on any atom is -0.339 e. The summed E-state index contributed by atoms with van der Waals surface area (Å²) in [6.07, 6.45) is 5.77. The first-order chi connectivity index (χ1) is 8.38. The van der Waals surface area contributed by atoms with Gasteiger partial charge in [-0.3, -0.25) is 0 Å². The van der Waals surface area contributed by atoms with Gasteiger partial charge in [0.2, 0.25) is 5.89 Å². The molecule has 1 aromatic rings. The molecule has 96 valence electrons. The van der Waals surface area contributed by atoms with E-state index in [9.17, 15) is 0 Å². The highest BCUT2D eigenvalue weighted by Crippen LogP contribution is 2.09. The third kappa shape index (κ3) is 4.09. The zero-order valence-electron chi connectivity index (χ0n) is 10.6. The van der Waals surface area contributed by atoms with Gasteiger partial charge in [-0.15, -0.1) is 0 Å². The Bertz CT molecular complexity index is 320. The van der Waals surface area contributed by atoms with Gasteiger partial charge >= 0.3 is 0 Å². The Morgan fingerprint density at radius 2 is 2.06 bits per heavy atom. The van der Waals surface area contributed by atoms with Gasteiger partial charge in [-0.2, -0.15) is 4.98 Å². The zero-order chi connectivity index (χ0) is 11.9. The van der Waals surface area contributed by atoms with Crippen molar-refractivity contribution in [3.8, 4) is 0 Å². The fraction of sp³-hybridized carbons (Fsp3) is 0.833. The Morgan fingerprint density at radius 1 is 1.24 bits per heavy atom. The molecule has 0 atom stereocenters. The van der Waals surface area contributed by atoms with Crippen molar-refractivity contribution in [1.82, 2.24) is 20.4 Å². The van der Waals surface area contributed by atoms with Gasteiger partial charge in [-0.25, -0.2) is 0 Å². The van der Waals surface area contributed by atoms with Crippen LogP contribution in [0.15, 0.2) is 4.52 Å². The first-order valence-corrected chi connectivity index (χ1v) is 6.57. The Kier molecular flexibility index (Phi) is 4.94. The fourth-order valence-corrected chi connectivity index (χ4v) is 2.17.